The second kappa shape index (κ2) is 5.73. The zero-order valence-corrected chi connectivity index (χ0v) is 12.4. The Kier molecular flexibility index (Phi) is 4.51. The highest BCUT2D eigenvalue weighted by molar-refractivity contribution is 9.09. The van der Waals surface area contributed by atoms with Crippen LogP contribution in [0.4, 0.5) is 0 Å². The number of amides is 1. The molecule has 2 aliphatic rings. The van der Waals surface area contributed by atoms with Crippen LogP contribution in [-0.4, -0.2) is 16.8 Å². The molecule has 1 amide bonds. The van der Waals surface area contributed by atoms with E-state index >= 15 is 0 Å². The quantitative estimate of drug-likeness (QED) is 0.790. The van der Waals surface area contributed by atoms with Gasteiger partial charge in [-0.2, -0.15) is 0 Å². The van der Waals surface area contributed by atoms with Crippen molar-refractivity contribution in [1.29, 1.82) is 0 Å². The molecule has 0 aromatic carbocycles. The highest BCUT2D eigenvalue weighted by Gasteiger charge is 2.40. The van der Waals surface area contributed by atoms with E-state index in [9.17, 15) is 4.79 Å². The van der Waals surface area contributed by atoms with Gasteiger partial charge in [0, 0.05) is 16.3 Å². The lowest BCUT2D eigenvalue weighted by molar-refractivity contribution is -0.132. The summed E-state index contributed by atoms with van der Waals surface area (Å²) in [5.41, 5.74) is -0.0226. The molecule has 2 nitrogen and oxygen atoms in total. The number of nitrogens with one attached hydrogen (secondary N) is 1. The summed E-state index contributed by atoms with van der Waals surface area (Å²) in [4.78, 5) is 13.1. The van der Waals surface area contributed by atoms with Crippen molar-refractivity contribution in [2.75, 3.05) is 0 Å². The zero-order valence-electron chi connectivity index (χ0n) is 10.8. The van der Waals surface area contributed by atoms with Crippen molar-refractivity contribution >= 4 is 21.8 Å². The Bertz CT molecular complexity index is 265. The normalized spacial score (nSPS) is 32.4. The van der Waals surface area contributed by atoms with E-state index in [0.717, 1.165) is 32.1 Å². The van der Waals surface area contributed by atoms with Gasteiger partial charge in [-0.15, -0.1) is 0 Å². The Morgan fingerprint density at radius 3 is 2.35 bits per heavy atom. The molecule has 0 radical (unpaired) electrons. The SMILES string of the molecule is CCC1(C(=O)NC2CCC(Br)CC2)CCCC1. The summed E-state index contributed by atoms with van der Waals surface area (Å²) >= 11 is 3.66. The number of hydrogen-bond donors (Lipinski definition) is 1. The van der Waals surface area contributed by atoms with E-state index in [4.69, 9.17) is 0 Å². The molecule has 2 fully saturated rings. The molecule has 2 saturated carbocycles. The minimum atomic E-state index is -0.0226. The van der Waals surface area contributed by atoms with Gasteiger partial charge in [-0.25, -0.2) is 0 Å². The van der Waals surface area contributed by atoms with Gasteiger partial charge in [-0.3, -0.25) is 4.79 Å². The molecule has 3 heteroatoms. The van der Waals surface area contributed by atoms with Crippen LogP contribution in [0.5, 0.6) is 0 Å². The predicted octanol–water partition coefficient (Wildman–Crippen LogP) is 3.78. The molecule has 0 aromatic rings. The number of carbonyl (C=O) groups excluding carboxylic acids is 1. The predicted molar refractivity (Wildman–Crippen MR) is 74.3 cm³/mol. The molecule has 2 aliphatic carbocycles. The van der Waals surface area contributed by atoms with Gasteiger partial charge in [0.25, 0.3) is 0 Å². The summed E-state index contributed by atoms with van der Waals surface area (Å²) in [7, 11) is 0. The van der Waals surface area contributed by atoms with Gasteiger partial charge in [0.1, 0.15) is 0 Å². The molecule has 17 heavy (non-hydrogen) atoms. The standard InChI is InChI=1S/C14H24BrNO/c1-2-14(9-3-4-10-14)13(17)16-12-7-5-11(15)6-8-12/h11-12H,2-10H2,1H3,(H,16,17). The lowest BCUT2D eigenvalue weighted by Gasteiger charge is -2.32. The topological polar surface area (TPSA) is 29.1 Å². The van der Waals surface area contributed by atoms with Crippen LogP contribution in [-0.2, 0) is 4.79 Å². The molecular formula is C14H24BrNO. The van der Waals surface area contributed by atoms with Gasteiger partial charge < -0.3 is 5.32 Å². The van der Waals surface area contributed by atoms with Crippen LogP contribution in [0.25, 0.3) is 0 Å². The Morgan fingerprint density at radius 1 is 1.24 bits per heavy atom. The van der Waals surface area contributed by atoms with E-state index in [1.165, 1.54) is 25.7 Å². The van der Waals surface area contributed by atoms with Gasteiger partial charge in [-0.05, 0) is 44.9 Å². The Balaban J connectivity index is 1.87. The first-order valence-corrected chi connectivity index (χ1v) is 8.03. The lowest BCUT2D eigenvalue weighted by atomic mass is 9.81. The maximum atomic E-state index is 12.4. The molecule has 0 aromatic heterocycles. The Hall–Kier alpha value is -0.0500. The van der Waals surface area contributed by atoms with Crippen molar-refractivity contribution in [3.63, 3.8) is 0 Å². The van der Waals surface area contributed by atoms with Crippen molar-refractivity contribution in [1.82, 2.24) is 5.32 Å². The summed E-state index contributed by atoms with van der Waals surface area (Å²) < 4.78 is 0. The monoisotopic (exact) mass is 301 g/mol. The molecule has 0 unspecified atom stereocenters. The molecular weight excluding hydrogens is 278 g/mol. The van der Waals surface area contributed by atoms with E-state index in [1.54, 1.807) is 0 Å². The molecule has 0 heterocycles. The molecule has 98 valence electrons. The molecule has 0 bridgehead atoms. The maximum Gasteiger partial charge on any atom is 0.226 e. The van der Waals surface area contributed by atoms with Crippen LogP contribution in [0.15, 0.2) is 0 Å². The van der Waals surface area contributed by atoms with Crippen LogP contribution >= 0.6 is 15.9 Å². The average Bonchev–Trinajstić information content (AvgIpc) is 2.82. The Morgan fingerprint density at radius 2 is 1.82 bits per heavy atom. The van der Waals surface area contributed by atoms with E-state index in [0.29, 0.717) is 16.8 Å². The van der Waals surface area contributed by atoms with Gasteiger partial charge >= 0.3 is 0 Å². The molecule has 0 spiro atoms. The summed E-state index contributed by atoms with van der Waals surface area (Å²) in [5, 5.41) is 3.31. The molecule has 0 atom stereocenters. The highest BCUT2D eigenvalue weighted by atomic mass is 79.9. The van der Waals surface area contributed by atoms with Gasteiger partial charge in [0.05, 0.1) is 0 Å². The van der Waals surface area contributed by atoms with E-state index in [-0.39, 0.29) is 5.41 Å². The number of hydrogen-bond acceptors (Lipinski definition) is 1. The third kappa shape index (κ3) is 3.04. The summed E-state index contributed by atoms with van der Waals surface area (Å²) in [6.45, 7) is 2.17. The number of alkyl halides is 1. The highest BCUT2D eigenvalue weighted by Crippen LogP contribution is 2.41. The zero-order chi connectivity index (χ0) is 12.3. The van der Waals surface area contributed by atoms with Crippen molar-refractivity contribution < 1.29 is 4.79 Å². The van der Waals surface area contributed by atoms with Crippen LogP contribution in [0.3, 0.4) is 0 Å². The van der Waals surface area contributed by atoms with Crippen molar-refractivity contribution in [3.05, 3.63) is 0 Å². The van der Waals surface area contributed by atoms with Gasteiger partial charge in [0.15, 0.2) is 0 Å². The van der Waals surface area contributed by atoms with Gasteiger partial charge in [0.2, 0.25) is 5.91 Å². The van der Waals surface area contributed by atoms with E-state index < -0.39 is 0 Å². The van der Waals surface area contributed by atoms with Crippen LogP contribution in [0, 0.1) is 5.41 Å². The summed E-state index contributed by atoms with van der Waals surface area (Å²) in [6, 6.07) is 0.431. The smallest absolute Gasteiger partial charge is 0.226 e. The molecule has 1 N–H and O–H groups in total. The fraction of sp³-hybridized carbons (Fsp3) is 0.929. The third-order valence-corrected chi connectivity index (χ3v) is 5.63. The summed E-state index contributed by atoms with van der Waals surface area (Å²) in [5.74, 6) is 0.343. The van der Waals surface area contributed by atoms with E-state index in [2.05, 4.69) is 28.2 Å². The first-order chi connectivity index (χ1) is 8.16. The number of rotatable bonds is 3. The Labute approximate surface area is 113 Å². The fourth-order valence-corrected chi connectivity index (χ4v) is 3.86. The number of halogens is 1. The van der Waals surface area contributed by atoms with Crippen LogP contribution < -0.4 is 5.32 Å². The minimum absolute atomic E-state index is 0.0226. The van der Waals surface area contributed by atoms with Crippen molar-refractivity contribution in [2.24, 2.45) is 5.41 Å². The summed E-state index contributed by atoms with van der Waals surface area (Å²) in [6.07, 6.45) is 10.3. The second-order valence-electron chi connectivity index (χ2n) is 5.76. The third-order valence-electron chi connectivity index (χ3n) is 4.71. The largest absolute Gasteiger partial charge is 0.353 e. The van der Waals surface area contributed by atoms with Crippen LogP contribution in [0.1, 0.15) is 64.7 Å². The minimum Gasteiger partial charge on any atom is -0.353 e. The number of carbonyl (C=O) groups is 1. The fourth-order valence-electron chi connectivity index (χ4n) is 3.33. The molecule has 0 aliphatic heterocycles. The van der Waals surface area contributed by atoms with Gasteiger partial charge in [-0.1, -0.05) is 35.7 Å². The van der Waals surface area contributed by atoms with Crippen molar-refractivity contribution in [3.8, 4) is 0 Å². The lowest BCUT2D eigenvalue weighted by Crippen LogP contribution is -2.45. The average molecular weight is 302 g/mol. The van der Waals surface area contributed by atoms with E-state index in [1.807, 2.05) is 0 Å². The van der Waals surface area contributed by atoms with Crippen molar-refractivity contribution in [2.45, 2.75) is 75.6 Å². The first kappa shape index (κ1) is 13.4. The van der Waals surface area contributed by atoms with Crippen LogP contribution in [0.2, 0.25) is 0 Å². The second-order valence-corrected chi connectivity index (χ2v) is 7.06. The molecule has 2 rings (SSSR count). The first-order valence-electron chi connectivity index (χ1n) is 7.11. The molecule has 0 saturated heterocycles. The maximum absolute atomic E-state index is 12.4.